The van der Waals surface area contributed by atoms with Crippen LogP contribution < -0.4 is 5.73 Å². The van der Waals surface area contributed by atoms with Gasteiger partial charge in [-0.1, -0.05) is 0 Å². The Kier molecular flexibility index (Phi) is 4.61. The highest BCUT2D eigenvalue weighted by atomic mass is 19.4. The van der Waals surface area contributed by atoms with Crippen molar-refractivity contribution in [2.75, 3.05) is 26.7 Å². The number of rotatable bonds is 3. The van der Waals surface area contributed by atoms with Crippen LogP contribution in [-0.4, -0.2) is 49.3 Å². The van der Waals surface area contributed by atoms with Gasteiger partial charge in [0.2, 0.25) is 0 Å². The second-order valence-corrected chi connectivity index (χ2v) is 5.02. The number of carbonyl (C=O) groups excluding carboxylic acids is 1. The summed E-state index contributed by atoms with van der Waals surface area (Å²) in [5.74, 6) is -1.95. The molecule has 0 spiro atoms. The van der Waals surface area contributed by atoms with Gasteiger partial charge in [0.1, 0.15) is 5.54 Å². The molecule has 0 aromatic heterocycles. The van der Waals surface area contributed by atoms with Crippen molar-refractivity contribution in [2.24, 2.45) is 11.7 Å². The number of methoxy groups -OCH3 is 1. The average Bonchev–Trinajstić information content (AvgIpc) is 2.26. The van der Waals surface area contributed by atoms with E-state index >= 15 is 0 Å². The Morgan fingerprint density at radius 3 is 2.61 bits per heavy atom. The summed E-state index contributed by atoms with van der Waals surface area (Å²) >= 11 is 0. The van der Waals surface area contributed by atoms with Crippen LogP contribution in [0, 0.1) is 5.92 Å². The largest absolute Gasteiger partial charge is 0.468 e. The van der Waals surface area contributed by atoms with Gasteiger partial charge in [-0.25, -0.2) is 0 Å². The molecule has 1 rings (SSSR count). The second-order valence-electron chi connectivity index (χ2n) is 5.02. The standard InChI is InChI=1S/C11H19F3N2O2/c1-10(15,9(17)18-2)7-16-5-3-4-8(6-16)11(12,13)14/h8H,3-7,15H2,1-2H3. The van der Waals surface area contributed by atoms with E-state index in [4.69, 9.17) is 5.73 Å². The smallest absolute Gasteiger partial charge is 0.393 e. The van der Waals surface area contributed by atoms with E-state index in [0.29, 0.717) is 13.0 Å². The minimum atomic E-state index is -4.19. The van der Waals surface area contributed by atoms with E-state index in [1.165, 1.54) is 14.0 Å². The molecule has 0 aliphatic carbocycles. The summed E-state index contributed by atoms with van der Waals surface area (Å²) < 4.78 is 42.4. The molecule has 2 N–H and O–H groups in total. The minimum absolute atomic E-state index is 0.0756. The Labute approximate surface area is 104 Å². The van der Waals surface area contributed by atoms with Crippen LogP contribution >= 0.6 is 0 Å². The number of piperidine rings is 1. The van der Waals surface area contributed by atoms with Gasteiger partial charge in [-0.15, -0.1) is 0 Å². The zero-order valence-corrected chi connectivity index (χ0v) is 10.6. The molecule has 2 atom stereocenters. The number of likely N-dealkylation sites (tertiary alicyclic amines) is 1. The van der Waals surface area contributed by atoms with Crippen LogP contribution in [0.5, 0.6) is 0 Å². The molecule has 1 saturated heterocycles. The number of nitrogens with two attached hydrogens (primary N) is 1. The molecule has 1 heterocycles. The lowest BCUT2D eigenvalue weighted by molar-refractivity contribution is -0.187. The zero-order chi connectivity index (χ0) is 14.0. The third-order valence-corrected chi connectivity index (χ3v) is 3.17. The maximum atomic E-state index is 12.6. The van der Waals surface area contributed by atoms with Gasteiger partial charge in [0.05, 0.1) is 13.0 Å². The van der Waals surface area contributed by atoms with Crippen LogP contribution in [0.3, 0.4) is 0 Å². The molecule has 4 nitrogen and oxygen atoms in total. The average molecular weight is 268 g/mol. The Balaban J connectivity index is 2.60. The second kappa shape index (κ2) is 5.44. The predicted octanol–water partition coefficient (Wildman–Crippen LogP) is 1.15. The highest BCUT2D eigenvalue weighted by Crippen LogP contribution is 2.33. The van der Waals surface area contributed by atoms with Crippen LogP contribution in [0.1, 0.15) is 19.8 Å². The van der Waals surface area contributed by atoms with E-state index in [0.717, 1.165) is 0 Å². The fraction of sp³-hybridized carbons (Fsp3) is 0.909. The van der Waals surface area contributed by atoms with Crippen LogP contribution in [-0.2, 0) is 9.53 Å². The SMILES string of the molecule is COC(=O)C(C)(N)CN1CCCC(C(F)(F)F)C1. The number of ether oxygens (including phenoxy) is 1. The van der Waals surface area contributed by atoms with E-state index < -0.39 is 23.6 Å². The topological polar surface area (TPSA) is 55.6 Å². The first kappa shape index (κ1) is 15.2. The third-order valence-electron chi connectivity index (χ3n) is 3.17. The summed E-state index contributed by atoms with van der Waals surface area (Å²) in [5.41, 5.74) is 4.48. The van der Waals surface area contributed by atoms with Crippen molar-refractivity contribution >= 4 is 5.97 Å². The molecule has 0 amide bonds. The third kappa shape index (κ3) is 3.84. The molecule has 2 unspecified atom stereocenters. The van der Waals surface area contributed by atoms with Crippen molar-refractivity contribution in [3.8, 4) is 0 Å². The monoisotopic (exact) mass is 268 g/mol. The summed E-state index contributed by atoms with van der Waals surface area (Å²) in [7, 11) is 1.21. The number of hydrogen-bond acceptors (Lipinski definition) is 4. The van der Waals surface area contributed by atoms with Gasteiger partial charge in [0.25, 0.3) is 0 Å². The molecular weight excluding hydrogens is 249 g/mol. The van der Waals surface area contributed by atoms with Crippen LogP contribution in [0.4, 0.5) is 13.2 Å². The van der Waals surface area contributed by atoms with Crippen molar-refractivity contribution in [3.05, 3.63) is 0 Å². The van der Waals surface area contributed by atoms with E-state index in [2.05, 4.69) is 4.74 Å². The predicted molar refractivity (Wildman–Crippen MR) is 59.8 cm³/mol. The molecule has 0 aromatic carbocycles. The van der Waals surface area contributed by atoms with Crippen molar-refractivity contribution in [1.29, 1.82) is 0 Å². The van der Waals surface area contributed by atoms with Gasteiger partial charge in [-0.2, -0.15) is 13.2 Å². The number of hydrogen-bond donors (Lipinski definition) is 1. The quantitative estimate of drug-likeness (QED) is 0.780. The lowest BCUT2D eigenvalue weighted by atomic mass is 9.95. The molecule has 106 valence electrons. The highest BCUT2D eigenvalue weighted by molar-refractivity contribution is 5.80. The molecule has 7 heteroatoms. The normalized spacial score (nSPS) is 25.6. The van der Waals surface area contributed by atoms with Gasteiger partial charge in [-0.05, 0) is 26.3 Å². The first-order valence-electron chi connectivity index (χ1n) is 5.83. The van der Waals surface area contributed by atoms with Crippen molar-refractivity contribution in [2.45, 2.75) is 31.5 Å². The zero-order valence-electron chi connectivity index (χ0n) is 10.6. The van der Waals surface area contributed by atoms with Crippen LogP contribution in [0.25, 0.3) is 0 Å². The summed E-state index contributed by atoms with van der Waals surface area (Å²) in [4.78, 5) is 13.0. The maximum Gasteiger partial charge on any atom is 0.393 e. The summed E-state index contributed by atoms with van der Waals surface area (Å²) in [5, 5.41) is 0. The fourth-order valence-corrected chi connectivity index (χ4v) is 2.23. The highest BCUT2D eigenvalue weighted by Gasteiger charge is 2.43. The van der Waals surface area contributed by atoms with Crippen molar-refractivity contribution in [3.63, 3.8) is 0 Å². The first-order chi connectivity index (χ1) is 8.16. The lowest BCUT2D eigenvalue weighted by Gasteiger charge is -2.37. The minimum Gasteiger partial charge on any atom is -0.468 e. The maximum absolute atomic E-state index is 12.6. The van der Waals surface area contributed by atoms with Crippen molar-refractivity contribution < 1.29 is 22.7 Å². The van der Waals surface area contributed by atoms with Gasteiger partial charge in [0, 0.05) is 13.1 Å². The fourth-order valence-electron chi connectivity index (χ4n) is 2.23. The Morgan fingerprint density at radius 1 is 1.50 bits per heavy atom. The molecule has 1 aliphatic rings. The Hall–Kier alpha value is -0.820. The van der Waals surface area contributed by atoms with Gasteiger partial charge >= 0.3 is 12.1 Å². The number of halogens is 3. The van der Waals surface area contributed by atoms with E-state index in [-0.39, 0.29) is 19.5 Å². The summed E-state index contributed by atoms with van der Waals surface area (Å²) in [6.07, 6.45) is -3.59. The Bertz CT molecular complexity index is 305. The van der Waals surface area contributed by atoms with E-state index in [1.54, 1.807) is 4.90 Å². The van der Waals surface area contributed by atoms with E-state index in [9.17, 15) is 18.0 Å². The first-order valence-corrected chi connectivity index (χ1v) is 5.83. The number of carbonyl (C=O) groups is 1. The number of alkyl halides is 3. The van der Waals surface area contributed by atoms with Gasteiger partial charge in [-0.3, -0.25) is 4.79 Å². The van der Waals surface area contributed by atoms with E-state index in [1.807, 2.05) is 0 Å². The molecule has 0 saturated carbocycles. The van der Waals surface area contributed by atoms with Crippen LogP contribution in [0.2, 0.25) is 0 Å². The summed E-state index contributed by atoms with van der Waals surface area (Å²) in [6, 6.07) is 0. The molecule has 1 fully saturated rings. The van der Waals surface area contributed by atoms with Gasteiger partial charge in [0.15, 0.2) is 0 Å². The van der Waals surface area contributed by atoms with Crippen molar-refractivity contribution in [1.82, 2.24) is 4.90 Å². The summed E-state index contributed by atoms with van der Waals surface area (Å²) in [6.45, 7) is 1.96. The molecule has 0 aromatic rings. The number of esters is 1. The molecule has 1 aliphatic heterocycles. The van der Waals surface area contributed by atoms with Crippen LogP contribution in [0.15, 0.2) is 0 Å². The Morgan fingerprint density at radius 2 is 2.11 bits per heavy atom. The molecular formula is C11H19F3N2O2. The molecule has 0 bridgehead atoms. The molecule has 18 heavy (non-hydrogen) atoms. The molecule has 0 radical (unpaired) electrons. The number of nitrogens with zero attached hydrogens (tertiary/aromatic N) is 1. The lowest BCUT2D eigenvalue weighted by Crippen LogP contribution is -2.56. The van der Waals surface area contributed by atoms with Gasteiger partial charge < -0.3 is 15.4 Å².